The third-order valence-corrected chi connectivity index (χ3v) is 8.17. The van der Waals surface area contributed by atoms with Gasteiger partial charge in [-0.2, -0.15) is 0 Å². The molecule has 2 heterocycles. The molecule has 0 bridgehead atoms. The molecule has 0 amide bonds. The molecule has 0 unspecified atom stereocenters. The van der Waals surface area contributed by atoms with Crippen LogP contribution in [0.25, 0.3) is 10.2 Å². The summed E-state index contributed by atoms with van der Waals surface area (Å²) >= 11 is 2.56. The molecule has 0 aliphatic heterocycles. The first kappa shape index (κ1) is 26.6. The van der Waals surface area contributed by atoms with Crippen molar-refractivity contribution in [3.8, 4) is 5.75 Å². The summed E-state index contributed by atoms with van der Waals surface area (Å²) in [6.07, 6.45) is 0. The van der Waals surface area contributed by atoms with Gasteiger partial charge in [-0.3, -0.25) is 14.2 Å². The molecule has 0 fully saturated rings. The summed E-state index contributed by atoms with van der Waals surface area (Å²) < 4.78 is 12.3. The van der Waals surface area contributed by atoms with Crippen LogP contribution in [-0.4, -0.2) is 35.0 Å². The van der Waals surface area contributed by atoms with Crippen LogP contribution in [0.1, 0.15) is 56.1 Å². The van der Waals surface area contributed by atoms with Gasteiger partial charge in [0.1, 0.15) is 15.5 Å². The summed E-state index contributed by atoms with van der Waals surface area (Å²) in [4.78, 5) is 44.0. The maximum atomic E-state index is 13.8. The van der Waals surface area contributed by atoms with Gasteiger partial charge in [0.25, 0.3) is 5.56 Å². The van der Waals surface area contributed by atoms with Crippen LogP contribution >= 0.6 is 23.1 Å². The summed E-state index contributed by atoms with van der Waals surface area (Å²) in [6, 6.07) is 13.3. The van der Waals surface area contributed by atoms with E-state index < -0.39 is 5.97 Å². The van der Waals surface area contributed by atoms with Gasteiger partial charge in [0.2, 0.25) is 0 Å². The molecule has 0 radical (unpaired) electrons. The van der Waals surface area contributed by atoms with Crippen molar-refractivity contribution in [1.82, 2.24) is 9.55 Å². The summed E-state index contributed by atoms with van der Waals surface area (Å²) in [6.45, 7) is 7.62. The van der Waals surface area contributed by atoms with Gasteiger partial charge in [-0.1, -0.05) is 41.6 Å². The third-order valence-electron chi connectivity index (χ3n) is 5.98. The van der Waals surface area contributed by atoms with Crippen molar-refractivity contribution < 1.29 is 19.1 Å². The first-order valence-electron chi connectivity index (χ1n) is 11.8. The van der Waals surface area contributed by atoms with Gasteiger partial charge in [-0.25, -0.2) is 9.78 Å². The highest BCUT2D eigenvalue weighted by Gasteiger charge is 2.23. The number of benzene rings is 2. The number of aryl methyl sites for hydroxylation is 2. The maximum Gasteiger partial charge on any atom is 0.348 e. The van der Waals surface area contributed by atoms with Crippen LogP contribution in [0.4, 0.5) is 0 Å². The topological polar surface area (TPSA) is 87.5 Å². The Morgan fingerprint density at radius 1 is 1.11 bits per heavy atom. The van der Waals surface area contributed by atoms with Gasteiger partial charge in [0.05, 0.1) is 25.6 Å². The van der Waals surface area contributed by atoms with E-state index in [4.69, 9.17) is 14.5 Å². The van der Waals surface area contributed by atoms with Crippen LogP contribution in [0.2, 0.25) is 0 Å². The standard InChI is InChI=1S/C28H28N2O5S2/c1-6-35-27(33)24-17(3)23-25(37-24)29-28(30(26(23)32)14-19-9-7-16(2)8-10-19)36-15-21-13-20(18(4)31)11-12-22(21)34-5/h7-13H,6,14-15H2,1-5H3. The van der Waals surface area contributed by atoms with Gasteiger partial charge < -0.3 is 9.47 Å². The minimum Gasteiger partial charge on any atom is -0.496 e. The lowest BCUT2D eigenvalue weighted by molar-refractivity contribution is 0.0531. The van der Waals surface area contributed by atoms with Gasteiger partial charge in [-0.15, -0.1) is 11.3 Å². The summed E-state index contributed by atoms with van der Waals surface area (Å²) in [7, 11) is 1.58. The number of nitrogens with zero attached hydrogens (tertiary/aromatic N) is 2. The number of fused-ring (bicyclic) bond motifs is 1. The molecule has 0 N–H and O–H groups in total. The van der Waals surface area contributed by atoms with Crippen LogP contribution < -0.4 is 10.3 Å². The number of hydrogen-bond donors (Lipinski definition) is 0. The first-order chi connectivity index (χ1) is 17.7. The highest BCUT2D eigenvalue weighted by atomic mass is 32.2. The molecule has 4 rings (SSSR count). The van der Waals surface area contributed by atoms with Crippen molar-refractivity contribution in [3.63, 3.8) is 0 Å². The first-order valence-corrected chi connectivity index (χ1v) is 13.6. The quantitative estimate of drug-likeness (QED) is 0.116. The zero-order chi connectivity index (χ0) is 26.7. The van der Waals surface area contributed by atoms with Crippen molar-refractivity contribution in [2.75, 3.05) is 13.7 Å². The smallest absolute Gasteiger partial charge is 0.348 e. The molecule has 0 saturated carbocycles. The molecular formula is C28H28N2O5S2. The Bertz CT molecular complexity index is 1540. The van der Waals surface area contributed by atoms with Crippen LogP contribution in [0, 0.1) is 13.8 Å². The monoisotopic (exact) mass is 536 g/mol. The minimum atomic E-state index is -0.451. The normalized spacial score (nSPS) is 11.1. The third kappa shape index (κ3) is 5.62. The van der Waals surface area contributed by atoms with Crippen molar-refractivity contribution in [3.05, 3.63) is 85.5 Å². The number of thioether (sulfide) groups is 1. The number of rotatable bonds is 9. The van der Waals surface area contributed by atoms with Crippen LogP contribution in [0.3, 0.4) is 0 Å². The van der Waals surface area contributed by atoms with Gasteiger partial charge >= 0.3 is 5.97 Å². The van der Waals surface area contributed by atoms with Crippen LogP contribution in [0.15, 0.2) is 52.4 Å². The van der Waals surface area contributed by atoms with Gasteiger partial charge in [-0.05, 0) is 57.0 Å². The number of aromatic nitrogens is 2. The molecule has 0 saturated heterocycles. The van der Waals surface area contributed by atoms with E-state index in [9.17, 15) is 14.4 Å². The summed E-state index contributed by atoms with van der Waals surface area (Å²) in [5.74, 6) is 0.603. The fourth-order valence-corrected chi connectivity index (χ4v) is 6.06. The molecule has 0 spiro atoms. The predicted octanol–water partition coefficient (Wildman–Crippen LogP) is 5.80. The molecule has 2 aromatic carbocycles. The highest BCUT2D eigenvalue weighted by Crippen LogP contribution is 2.32. The second-order valence-corrected chi connectivity index (χ2v) is 10.5. The zero-order valence-corrected chi connectivity index (χ0v) is 23.0. The van der Waals surface area contributed by atoms with Crippen LogP contribution in [-0.2, 0) is 17.0 Å². The second-order valence-electron chi connectivity index (χ2n) is 8.60. The average molecular weight is 537 g/mol. The Morgan fingerprint density at radius 2 is 1.84 bits per heavy atom. The summed E-state index contributed by atoms with van der Waals surface area (Å²) in [5, 5.41) is 0.950. The van der Waals surface area contributed by atoms with Gasteiger partial charge in [0.15, 0.2) is 10.9 Å². The molecule has 0 aliphatic carbocycles. The Labute approximate surface area is 223 Å². The number of hydrogen-bond acceptors (Lipinski definition) is 8. The molecule has 0 aliphatic rings. The molecule has 9 heteroatoms. The number of carbonyl (C=O) groups is 2. The fraction of sp³-hybridized carbons (Fsp3) is 0.286. The molecule has 192 valence electrons. The van der Waals surface area contributed by atoms with E-state index in [0.29, 0.717) is 49.4 Å². The van der Waals surface area contributed by atoms with Crippen LogP contribution in [0.5, 0.6) is 5.75 Å². The lowest BCUT2D eigenvalue weighted by Crippen LogP contribution is -2.24. The minimum absolute atomic E-state index is 0.0368. The Balaban J connectivity index is 1.81. The number of thiophene rings is 1. The molecule has 37 heavy (non-hydrogen) atoms. The van der Waals surface area contributed by atoms with E-state index >= 15 is 0 Å². The Hall–Kier alpha value is -3.43. The average Bonchev–Trinajstić information content (AvgIpc) is 3.22. The van der Waals surface area contributed by atoms with E-state index in [1.807, 2.05) is 37.3 Å². The molecule has 2 aromatic heterocycles. The van der Waals surface area contributed by atoms with Gasteiger partial charge in [0, 0.05) is 16.9 Å². The zero-order valence-electron chi connectivity index (χ0n) is 21.4. The van der Waals surface area contributed by atoms with E-state index in [-0.39, 0.29) is 17.9 Å². The fourth-order valence-electron chi connectivity index (χ4n) is 3.97. The maximum absolute atomic E-state index is 13.8. The van der Waals surface area contributed by atoms with E-state index in [1.54, 1.807) is 37.7 Å². The van der Waals surface area contributed by atoms with E-state index in [1.165, 1.54) is 30.0 Å². The largest absolute Gasteiger partial charge is 0.496 e. The Morgan fingerprint density at radius 3 is 2.49 bits per heavy atom. The van der Waals surface area contributed by atoms with E-state index in [2.05, 4.69) is 0 Å². The molecule has 7 nitrogen and oxygen atoms in total. The number of Topliss-reactive ketones (excluding diaryl/α,β-unsaturated/α-hetero) is 1. The number of methoxy groups -OCH3 is 1. The highest BCUT2D eigenvalue weighted by molar-refractivity contribution is 7.98. The van der Waals surface area contributed by atoms with E-state index in [0.717, 1.165) is 16.7 Å². The number of ether oxygens (including phenoxy) is 2. The van der Waals surface area contributed by atoms with Crippen molar-refractivity contribution in [2.45, 2.75) is 45.1 Å². The molecular weight excluding hydrogens is 508 g/mol. The second kappa shape index (κ2) is 11.3. The number of ketones is 1. The van der Waals surface area contributed by atoms with Crippen molar-refractivity contribution in [1.29, 1.82) is 0 Å². The number of carbonyl (C=O) groups excluding carboxylic acids is 2. The lowest BCUT2D eigenvalue weighted by Gasteiger charge is -2.14. The summed E-state index contributed by atoms with van der Waals surface area (Å²) in [5.41, 5.74) is 3.88. The SMILES string of the molecule is CCOC(=O)c1sc2nc(SCc3cc(C(C)=O)ccc3OC)n(Cc3ccc(C)cc3)c(=O)c2c1C. The molecule has 0 atom stereocenters. The van der Waals surface area contributed by atoms with Crippen molar-refractivity contribution in [2.24, 2.45) is 0 Å². The number of esters is 1. The van der Waals surface area contributed by atoms with Crippen molar-refractivity contribution >= 4 is 45.1 Å². The lowest BCUT2D eigenvalue weighted by atomic mass is 10.1. The Kier molecular flexibility index (Phi) is 8.14. The molecule has 4 aromatic rings. The predicted molar refractivity (Wildman–Crippen MR) is 147 cm³/mol.